The van der Waals surface area contributed by atoms with Crippen LogP contribution in [0.2, 0.25) is 0 Å². The number of carbonyl (C=O) groups is 2. The number of nitrogens with zero attached hydrogens (tertiary/aromatic N) is 2. The molecule has 0 aliphatic rings. The van der Waals surface area contributed by atoms with Gasteiger partial charge >= 0.3 is 0 Å². The summed E-state index contributed by atoms with van der Waals surface area (Å²) in [7, 11) is -3.85. The minimum Gasteiger partial charge on any atom is -0.326 e. The van der Waals surface area contributed by atoms with E-state index in [0.717, 1.165) is 5.56 Å². The highest BCUT2D eigenvalue weighted by Gasteiger charge is 2.16. The molecule has 3 aromatic rings. The molecule has 0 saturated carbocycles. The first-order valence-electron chi connectivity index (χ1n) is 9.30. The summed E-state index contributed by atoms with van der Waals surface area (Å²) in [5, 5.41) is 5.38. The van der Waals surface area contributed by atoms with Crippen LogP contribution in [0.15, 0.2) is 65.7 Å². The Balaban J connectivity index is 1.60. The lowest BCUT2D eigenvalue weighted by Crippen LogP contribution is -2.16. The van der Waals surface area contributed by atoms with Crippen LogP contribution < -0.4 is 15.4 Å². The standard InChI is InChI=1S/C21H21N5O4S/c1-14-11-12-22-21(23-14)26-31(29,30)19-9-7-18(8-10-19)25-20(28)13-16-3-5-17(6-4-16)24-15(2)27/h3-12H,13H2,1-2H3,(H,24,27)(H,25,28)(H,22,23,26). The molecule has 2 aromatic carbocycles. The Morgan fingerprint density at radius 2 is 1.52 bits per heavy atom. The van der Waals surface area contributed by atoms with E-state index in [0.29, 0.717) is 17.1 Å². The molecule has 9 nitrogen and oxygen atoms in total. The first kappa shape index (κ1) is 21.9. The first-order chi connectivity index (χ1) is 14.7. The topological polar surface area (TPSA) is 130 Å². The molecule has 0 saturated heterocycles. The van der Waals surface area contributed by atoms with E-state index in [-0.39, 0.29) is 29.1 Å². The van der Waals surface area contributed by atoms with Gasteiger partial charge in [0.15, 0.2) is 0 Å². The van der Waals surface area contributed by atoms with Crippen molar-refractivity contribution in [2.75, 3.05) is 15.4 Å². The SMILES string of the molecule is CC(=O)Nc1ccc(CC(=O)Nc2ccc(S(=O)(=O)Nc3nccc(C)n3)cc2)cc1. The summed E-state index contributed by atoms with van der Waals surface area (Å²) in [6.07, 6.45) is 1.60. The number of benzene rings is 2. The van der Waals surface area contributed by atoms with E-state index in [1.54, 1.807) is 37.3 Å². The van der Waals surface area contributed by atoms with Crippen LogP contribution in [0.3, 0.4) is 0 Å². The van der Waals surface area contributed by atoms with Crippen LogP contribution >= 0.6 is 0 Å². The van der Waals surface area contributed by atoms with Crippen molar-refractivity contribution in [1.82, 2.24) is 9.97 Å². The molecule has 3 rings (SSSR count). The lowest BCUT2D eigenvalue weighted by atomic mass is 10.1. The number of carbonyl (C=O) groups excluding carboxylic acids is 2. The van der Waals surface area contributed by atoms with Crippen LogP contribution in [-0.2, 0) is 26.0 Å². The van der Waals surface area contributed by atoms with E-state index in [2.05, 4.69) is 25.3 Å². The number of hydrogen-bond acceptors (Lipinski definition) is 6. The van der Waals surface area contributed by atoms with Gasteiger partial charge in [0.2, 0.25) is 17.8 Å². The lowest BCUT2D eigenvalue weighted by Gasteiger charge is -2.09. The average molecular weight is 439 g/mol. The number of hydrogen-bond donors (Lipinski definition) is 3. The van der Waals surface area contributed by atoms with Gasteiger partial charge in [-0.25, -0.2) is 23.1 Å². The van der Waals surface area contributed by atoms with Gasteiger partial charge in [-0.3, -0.25) is 9.59 Å². The van der Waals surface area contributed by atoms with Crippen LogP contribution in [0.1, 0.15) is 18.2 Å². The second-order valence-corrected chi connectivity index (χ2v) is 8.44. The van der Waals surface area contributed by atoms with Crippen molar-refractivity contribution in [2.45, 2.75) is 25.2 Å². The van der Waals surface area contributed by atoms with Gasteiger partial charge in [-0.2, -0.15) is 0 Å². The normalized spacial score (nSPS) is 10.9. The zero-order valence-electron chi connectivity index (χ0n) is 16.9. The first-order valence-corrected chi connectivity index (χ1v) is 10.8. The summed E-state index contributed by atoms with van der Waals surface area (Å²) in [6.45, 7) is 3.15. The van der Waals surface area contributed by atoms with Crippen molar-refractivity contribution in [2.24, 2.45) is 0 Å². The van der Waals surface area contributed by atoms with Gasteiger partial charge in [-0.15, -0.1) is 0 Å². The third kappa shape index (κ3) is 6.34. The third-order valence-electron chi connectivity index (χ3n) is 4.11. The second-order valence-electron chi connectivity index (χ2n) is 6.75. The second kappa shape index (κ2) is 9.35. The van der Waals surface area contributed by atoms with Gasteiger partial charge in [0, 0.05) is 30.2 Å². The fourth-order valence-corrected chi connectivity index (χ4v) is 3.65. The predicted octanol–water partition coefficient (Wildman–Crippen LogP) is 2.73. The summed E-state index contributed by atoms with van der Waals surface area (Å²) in [5.74, 6) is -0.436. The van der Waals surface area contributed by atoms with Gasteiger partial charge in [0.25, 0.3) is 10.0 Å². The predicted molar refractivity (Wildman–Crippen MR) is 117 cm³/mol. The molecule has 0 aliphatic carbocycles. The molecule has 0 unspecified atom stereocenters. The molecule has 0 spiro atoms. The molecular formula is C21H21N5O4S. The quantitative estimate of drug-likeness (QED) is 0.519. The summed E-state index contributed by atoms with van der Waals surface area (Å²) in [4.78, 5) is 31.2. The van der Waals surface area contributed by atoms with E-state index in [1.165, 1.54) is 37.4 Å². The Hall–Kier alpha value is -3.79. The summed E-state index contributed by atoms with van der Waals surface area (Å²) in [5.41, 5.74) is 2.52. The fraction of sp³-hybridized carbons (Fsp3) is 0.143. The summed E-state index contributed by atoms with van der Waals surface area (Å²) < 4.78 is 27.3. The van der Waals surface area contributed by atoms with E-state index in [1.807, 2.05) is 0 Å². The number of sulfonamides is 1. The monoisotopic (exact) mass is 439 g/mol. The number of amides is 2. The number of aryl methyl sites for hydroxylation is 1. The maximum atomic E-state index is 12.5. The Morgan fingerprint density at radius 3 is 2.13 bits per heavy atom. The van der Waals surface area contributed by atoms with E-state index in [9.17, 15) is 18.0 Å². The van der Waals surface area contributed by atoms with Gasteiger partial charge in [0.1, 0.15) is 0 Å². The molecule has 0 radical (unpaired) electrons. The van der Waals surface area contributed by atoms with Crippen molar-refractivity contribution < 1.29 is 18.0 Å². The van der Waals surface area contributed by atoms with Crippen LogP contribution in [0, 0.1) is 6.92 Å². The van der Waals surface area contributed by atoms with E-state index >= 15 is 0 Å². The minimum atomic E-state index is -3.85. The molecule has 3 N–H and O–H groups in total. The number of aromatic nitrogens is 2. The van der Waals surface area contributed by atoms with Gasteiger partial charge in [-0.1, -0.05) is 12.1 Å². The van der Waals surface area contributed by atoms with Gasteiger partial charge in [0.05, 0.1) is 11.3 Å². The minimum absolute atomic E-state index is 0.0121. The highest BCUT2D eigenvalue weighted by atomic mass is 32.2. The number of rotatable bonds is 7. The van der Waals surface area contributed by atoms with Crippen molar-refractivity contribution in [1.29, 1.82) is 0 Å². The van der Waals surface area contributed by atoms with E-state index < -0.39 is 10.0 Å². The number of nitrogens with one attached hydrogen (secondary N) is 3. The average Bonchev–Trinajstić information content (AvgIpc) is 2.69. The fourth-order valence-electron chi connectivity index (χ4n) is 2.69. The van der Waals surface area contributed by atoms with Gasteiger partial charge < -0.3 is 10.6 Å². The van der Waals surface area contributed by atoms with Crippen LogP contribution in [0.25, 0.3) is 0 Å². The molecule has 31 heavy (non-hydrogen) atoms. The summed E-state index contributed by atoms with van der Waals surface area (Å²) in [6, 6.07) is 14.4. The highest BCUT2D eigenvalue weighted by Crippen LogP contribution is 2.17. The zero-order chi connectivity index (χ0) is 22.4. The highest BCUT2D eigenvalue weighted by molar-refractivity contribution is 7.92. The van der Waals surface area contributed by atoms with E-state index in [4.69, 9.17) is 0 Å². The zero-order valence-corrected chi connectivity index (χ0v) is 17.7. The Labute approximate surface area is 180 Å². The summed E-state index contributed by atoms with van der Waals surface area (Å²) >= 11 is 0. The Bertz CT molecular complexity index is 1190. The molecule has 2 amide bonds. The van der Waals surface area contributed by atoms with Crippen LogP contribution in [0.4, 0.5) is 17.3 Å². The molecule has 160 valence electrons. The van der Waals surface area contributed by atoms with Crippen LogP contribution in [0.5, 0.6) is 0 Å². The van der Waals surface area contributed by atoms with Crippen LogP contribution in [-0.4, -0.2) is 30.2 Å². The molecule has 0 fully saturated rings. The molecule has 0 aliphatic heterocycles. The molecule has 10 heteroatoms. The largest absolute Gasteiger partial charge is 0.326 e. The maximum Gasteiger partial charge on any atom is 0.264 e. The number of anilines is 3. The molecule has 0 atom stereocenters. The maximum absolute atomic E-state index is 12.5. The van der Waals surface area contributed by atoms with Crippen molar-refractivity contribution in [3.05, 3.63) is 72.1 Å². The smallest absolute Gasteiger partial charge is 0.264 e. The Morgan fingerprint density at radius 1 is 0.903 bits per heavy atom. The third-order valence-corrected chi connectivity index (χ3v) is 5.45. The lowest BCUT2D eigenvalue weighted by molar-refractivity contribution is -0.116. The van der Waals surface area contributed by atoms with Crippen molar-refractivity contribution >= 4 is 39.2 Å². The van der Waals surface area contributed by atoms with Crippen molar-refractivity contribution in [3.63, 3.8) is 0 Å². The molecule has 0 bridgehead atoms. The van der Waals surface area contributed by atoms with Gasteiger partial charge in [-0.05, 0) is 55.0 Å². The Kier molecular flexibility index (Phi) is 6.61. The van der Waals surface area contributed by atoms with Crippen molar-refractivity contribution in [3.8, 4) is 0 Å². The molecule has 1 aromatic heterocycles. The molecular weight excluding hydrogens is 418 g/mol. The molecule has 1 heterocycles.